The van der Waals surface area contributed by atoms with Crippen molar-refractivity contribution in [3.8, 4) is 5.75 Å². The van der Waals surface area contributed by atoms with Crippen molar-refractivity contribution in [2.75, 3.05) is 5.73 Å². The predicted octanol–water partition coefficient (Wildman–Crippen LogP) is 2.90. The van der Waals surface area contributed by atoms with Crippen molar-refractivity contribution in [1.82, 2.24) is 0 Å². The summed E-state index contributed by atoms with van der Waals surface area (Å²) >= 11 is 0. The second-order valence-electron chi connectivity index (χ2n) is 4.24. The van der Waals surface area contributed by atoms with Crippen molar-refractivity contribution in [1.29, 1.82) is 0 Å². The van der Waals surface area contributed by atoms with Crippen molar-refractivity contribution in [2.24, 2.45) is 0 Å². The number of rotatable bonds is 5. The highest BCUT2D eigenvalue weighted by molar-refractivity contribution is 5.61. The molecule has 0 saturated carbocycles. The Labute approximate surface area is 96.9 Å². The number of aryl methyl sites for hydroxylation is 1. The molecule has 0 fully saturated rings. The molecule has 1 aromatic rings. The molecule has 0 aliphatic carbocycles. The zero-order valence-corrected chi connectivity index (χ0v) is 10.0. The van der Waals surface area contributed by atoms with Gasteiger partial charge in [-0.2, -0.15) is 0 Å². The Morgan fingerprint density at radius 2 is 2.00 bits per heavy atom. The summed E-state index contributed by atoms with van der Waals surface area (Å²) in [5.74, 6) is 0.0511. The van der Waals surface area contributed by atoms with Crippen LogP contribution in [-0.2, 0) is 0 Å². The van der Waals surface area contributed by atoms with Crippen molar-refractivity contribution < 1.29 is 10.2 Å². The number of phenolic OH excluding ortho intramolecular Hbond substituents is 1. The Hall–Kier alpha value is -1.22. The zero-order chi connectivity index (χ0) is 12.1. The third-order valence-corrected chi connectivity index (χ3v) is 2.90. The highest BCUT2D eigenvalue weighted by atomic mass is 16.3. The third kappa shape index (κ3) is 2.89. The molecule has 0 bridgehead atoms. The van der Waals surface area contributed by atoms with E-state index >= 15 is 0 Å². The van der Waals surface area contributed by atoms with E-state index in [2.05, 4.69) is 6.92 Å². The molecular formula is C13H21NO2. The van der Waals surface area contributed by atoms with Gasteiger partial charge in [-0.1, -0.05) is 32.3 Å². The standard InChI is InChI=1S/C13H21NO2/c1-3-4-5-6-10(15)12-9(2)7-8-11(16)13(12)14/h7-8,10,15-16H,3-6,14H2,1-2H3. The van der Waals surface area contributed by atoms with E-state index in [1.165, 1.54) is 0 Å². The summed E-state index contributed by atoms with van der Waals surface area (Å²) in [4.78, 5) is 0. The van der Waals surface area contributed by atoms with Crippen LogP contribution in [-0.4, -0.2) is 10.2 Å². The third-order valence-electron chi connectivity index (χ3n) is 2.90. The van der Waals surface area contributed by atoms with E-state index in [1.54, 1.807) is 12.1 Å². The van der Waals surface area contributed by atoms with Gasteiger partial charge in [0.05, 0.1) is 11.8 Å². The normalized spacial score (nSPS) is 12.7. The van der Waals surface area contributed by atoms with E-state index in [0.29, 0.717) is 17.7 Å². The lowest BCUT2D eigenvalue weighted by molar-refractivity contribution is 0.163. The van der Waals surface area contributed by atoms with Gasteiger partial charge in [0.2, 0.25) is 0 Å². The van der Waals surface area contributed by atoms with E-state index in [-0.39, 0.29) is 5.75 Å². The molecule has 1 rings (SSSR count). The molecular weight excluding hydrogens is 202 g/mol. The van der Waals surface area contributed by atoms with Gasteiger partial charge >= 0.3 is 0 Å². The fourth-order valence-electron chi connectivity index (χ4n) is 1.91. The Morgan fingerprint density at radius 3 is 2.62 bits per heavy atom. The monoisotopic (exact) mass is 223 g/mol. The first kappa shape index (κ1) is 12.8. The molecule has 4 N–H and O–H groups in total. The summed E-state index contributed by atoms with van der Waals surface area (Å²) in [5.41, 5.74) is 7.69. The van der Waals surface area contributed by atoms with Crippen molar-refractivity contribution in [3.05, 3.63) is 23.3 Å². The van der Waals surface area contributed by atoms with Gasteiger partial charge in [0.15, 0.2) is 0 Å². The summed E-state index contributed by atoms with van der Waals surface area (Å²) in [6.45, 7) is 4.02. The molecule has 1 aromatic carbocycles. The molecule has 0 aliphatic heterocycles. The molecule has 0 amide bonds. The van der Waals surface area contributed by atoms with Crippen LogP contribution in [0.1, 0.15) is 49.8 Å². The molecule has 0 saturated heterocycles. The number of nitrogen functional groups attached to an aromatic ring is 1. The minimum atomic E-state index is -0.571. The van der Waals surface area contributed by atoms with Crippen LogP contribution < -0.4 is 5.73 Å². The molecule has 16 heavy (non-hydrogen) atoms. The summed E-state index contributed by atoms with van der Waals surface area (Å²) in [6, 6.07) is 3.34. The summed E-state index contributed by atoms with van der Waals surface area (Å²) in [5, 5.41) is 19.6. The van der Waals surface area contributed by atoms with Gasteiger partial charge in [0.1, 0.15) is 5.75 Å². The van der Waals surface area contributed by atoms with Crippen molar-refractivity contribution in [2.45, 2.75) is 45.6 Å². The van der Waals surface area contributed by atoms with E-state index < -0.39 is 6.10 Å². The largest absolute Gasteiger partial charge is 0.506 e. The first-order chi connectivity index (χ1) is 7.57. The van der Waals surface area contributed by atoms with Crippen LogP contribution in [0, 0.1) is 6.92 Å². The Morgan fingerprint density at radius 1 is 1.31 bits per heavy atom. The van der Waals surface area contributed by atoms with Crippen LogP contribution in [0.3, 0.4) is 0 Å². The quantitative estimate of drug-likeness (QED) is 0.408. The second-order valence-corrected chi connectivity index (χ2v) is 4.24. The maximum Gasteiger partial charge on any atom is 0.138 e. The van der Waals surface area contributed by atoms with Crippen LogP contribution in [0.2, 0.25) is 0 Å². The lowest BCUT2D eigenvalue weighted by atomic mass is 9.97. The van der Waals surface area contributed by atoms with E-state index in [4.69, 9.17) is 5.73 Å². The van der Waals surface area contributed by atoms with Crippen LogP contribution in [0.4, 0.5) is 5.69 Å². The summed E-state index contributed by atoms with van der Waals surface area (Å²) < 4.78 is 0. The Bertz CT molecular complexity index is 350. The first-order valence-electron chi connectivity index (χ1n) is 5.84. The predicted molar refractivity (Wildman–Crippen MR) is 66.4 cm³/mol. The van der Waals surface area contributed by atoms with Crippen LogP contribution >= 0.6 is 0 Å². The average molecular weight is 223 g/mol. The minimum Gasteiger partial charge on any atom is -0.506 e. The molecule has 90 valence electrons. The number of phenols is 1. The van der Waals surface area contributed by atoms with Gasteiger partial charge in [0.25, 0.3) is 0 Å². The summed E-state index contributed by atoms with van der Waals surface area (Å²) in [7, 11) is 0. The Balaban J connectivity index is 2.81. The number of nitrogens with two attached hydrogens (primary N) is 1. The number of aliphatic hydroxyl groups excluding tert-OH is 1. The van der Waals surface area contributed by atoms with Gasteiger partial charge in [-0.3, -0.25) is 0 Å². The Kier molecular flexibility index (Phi) is 4.62. The fraction of sp³-hybridized carbons (Fsp3) is 0.538. The van der Waals surface area contributed by atoms with E-state index in [0.717, 1.165) is 24.8 Å². The molecule has 0 aliphatic rings. The highest BCUT2D eigenvalue weighted by Gasteiger charge is 2.15. The molecule has 1 unspecified atom stereocenters. The van der Waals surface area contributed by atoms with E-state index in [9.17, 15) is 10.2 Å². The highest BCUT2D eigenvalue weighted by Crippen LogP contribution is 2.33. The van der Waals surface area contributed by atoms with Crippen LogP contribution in [0.25, 0.3) is 0 Å². The SMILES string of the molecule is CCCCCC(O)c1c(C)ccc(O)c1N. The molecule has 1 atom stereocenters. The number of benzene rings is 1. The molecule has 0 radical (unpaired) electrons. The summed E-state index contributed by atoms with van der Waals surface area (Å²) in [6.07, 6.45) is 3.34. The maximum absolute atomic E-state index is 10.0. The number of hydrogen-bond acceptors (Lipinski definition) is 3. The average Bonchev–Trinajstić information content (AvgIpc) is 2.24. The number of anilines is 1. The number of aliphatic hydroxyl groups is 1. The smallest absolute Gasteiger partial charge is 0.138 e. The van der Waals surface area contributed by atoms with E-state index in [1.807, 2.05) is 6.92 Å². The maximum atomic E-state index is 10.0. The molecule has 3 heteroatoms. The lowest BCUT2D eigenvalue weighted by Gasteiger charge is -2.16. The molecule has 0 spiro atoms. The zero-order valence-electron chi connectivity index (χ0n) is 10.0. The van der Waals surface area contributed by atoms with Gasteiger partial charge < -0.3 is 15.9 Å². The second kappa shape index (κ2) is 5.75. The van der Waals surface area contributed by atoms with Crippen LogP contribution in [0.15, 0.2) is 12.1 Å². The van der Waals surface area contributed by atoms with Crippen LogP contribution in [0.5, 0.6) is 5.75 Å². The number of hydrogen-bond donors (Lipinski definition) is 3. The molecule has 0 heterocycles. The fourth-order valence-corrected chi connectivity index (χ4v) is 1.91. The van der Waals surface area contributed by atoms with Gasteiger partial charge in [-0.25, -0.2) is 0 Å². The van der Waals surface area contributed by atoms with Gasteiger partial charge in [-0.15, -0.1) is 0 Å². The first-order valence-corrected chi connectivity index (χ1v) is 5.84. The molecule has 0 aromatic heterocycles. The molecule has 3 nitrogen and oxygen atoms in total. The van der Waals surface area contributed by atoms with Crippen molar-refractivity contribution in [3.63, 3.8) is 0 Å². The van der Waals surface area contributed by atoms with Crippen molar-refractivity contribution >= 4 is 5.69 Å². The number of aromatic hydroxyl groups is 1. The minimum absolute atomic E-state index is 0.0511. The van der Waals surface area contributed by atoms with Gasteiger partial charge in [-0.05, 0) is 25.0 Å². The lowest BCUT2D eigenvalue weighted by Crippen LogP contribution is -2.05. The topological polar surface area (TPSA) is 66.5 Å². The van der Waals surface area contributed by atoms with Gasteiger partial charge in [0, 0.05) is 5.56 Å². The number of unbranched alkanes of at least 4 members (excludes halogenated alkanes) is 2.